The average molecular weight is 303 g/mol. The van der Waals surface area contributed by atoms with Gasteiger partial charge in [0.2, 0.25) is 0 Å². The molecule has 0 aliphatic rings. The molecule has 1 amide bonds. The molecule has 4 heteroatoms. The zero-order chi connectivity index (χ0) is 15.3. The van der Waals surface area contributed by atoms with E-state index < -0.39 is 0 Å². The second-order valence-electron chi connectivity index (χ2n) is 5.68. The van der Waals surface area contributed by atoms with Crippen molar-refractivity contribution in [2.24, 2.45) is 0 Å². The summed E-state index contributed by atoms with van der Waals surface area (Å²) in [6.07, 6.45) is 4.81. The topological polar surface area (TPSA) is 42.0 Å². The molecule has 1 aromatic carbocycles. The molecule has 2 aromatic rings. The third-order valence-electron chi connectivity index (χ3n) is 3.35. The molecule has 0 bridgehead atoms. The van der Waals surface area contributed by atoms with Gasteiger partial charge in [0.25, 0.3) is 5.91 Å². The Morgan fingerprint density at radius 2 is 1.95 bits per heavy atom. The molecule has 21 heavy (non-hydrogen) atoms. The molecule has 0 aliphatic carbocycles. The SMILES string of the molecule is CC(C)(CCc1ccccc1)NC(=O)c1ccncc1Cl. The highest BCUT2D eigenvalue weighted by Crippen LogP contribution is 2.17. The van der Waals surface area contributed by atoms with Crippen LogP contribution in [-0.4, -0.2) is 16.4 Å². The van der Waals surface area contributed by atoms with E-state index in [0.717, 1.165) is 12.8 Å². The van der Waals surface area contributed by atoms with Crippen molar-refractivity contribution in [1.29, 1.82) is 0 Å². The van der Waals surface area contributed by atoms with Crippen molar-refractivity contribution in [2.45, 2.75) is 32.2 Å². The predicted octanol–water partition coefficient (Wildman–Crippen LogP) is 3.88. The fourth-order valence-electron chi connectivity index (χ4n) is 2.10. The number of aromatic nitrogens is 1. The molecule has 0 saturated carbocycles. The third kappa shape index (κ3) is 4.57. The smallest absolute Gasteiger partial charge is 0.253 e. The Morgan fingerprint density at radius 1 is 1.24 bits per heavy atom. The van der Waals surface area contributed by atoms with E-state index in [4.69, 9.17) is 11.6 Å². The number of halogens is 1. The maximum Gasteiger partial charge on any atom is 0.253 e. The van der Waals surface area contributed by atoms with Crippen molar-refractivity contribution in [3.63, 3.8) is 0 Å². The lowest BCUT2D eigenvalue weighted by Crippen LogP contribution is -2.43. The summed E-state index contributed by atoms with van der Waals surface area (Å²) >= 11 is 6.00. The monoisotopic (exact) mass is 302 g/mol. The fourth-order valence-corrected chi connectivity index (χ4v) is 2.30. The van der Waals surface area contributed by atoms with Gasteiger partial charge in [-0.15, -0.1) is 0 Å². The van der Waals surface area contributed by atoms with Gasteiger partial charge in [-0.05, 0) is 38.3 Å². The highest BCUT2D eigenvalue weighted by molar-refractivity contribution is 6.33. The number of hydrogen-bond acceptors (Lipinski definition) is 2. The maximum atomic E-state index is 12.3. The number of hydrogen-bond donors (Lipinski definition) is 1. The lowest BCUT2D eigenvalue weighted by atomic mass is 9.95. The van der Waals surface area contributed by atoms with Gasteiger partial charge in [0, 0.05) is 17.9 Å². The Labute approximate surface area is 130 Å². The van der Waals surface area contributed by atoms with Crippen LogP contribution in [0.5, 0.6) is 0 Å². The molecule has 0 spiro atoms. The Morgan fingerprint density at radius 3 is 2.62 bits per heavy atom. The van der Waals surface area contributed by atoms with E-state index in [1.54, 1.807) is 12.3 Å². The minimum atomic E-state index is -0.306. The van der Waals surface area contributed by atoms with Gasteiger partial charge in [-0.3, -0.25) is 9.78 Å². The summed E-state index contributed by atoms with van der Waals surface area (Å²) in [7, 11) is 0. The van der Waals surface area contributed by atoms with Crippen LogP contribution in [0.3, 0.4) is 0 Å². The van der Waals surface area contributed by atoms with Crippen molar-refractivity contribution in [2.75, 3.05) is 0 Å². The minimum absolute atomic E-state index is 0.166. The molecule has 1 N–H and O–H groups in total. The van der Waals surface area contributed by atoms with Crippen LogP contribution < -0.4 is 5.32 Å². The summed E-state index contributed by atoms with van der Waals surface area (Å²) in [4.78, 5) is 16.2. The predicted molar refractivity (Wildman–Crippen MR) is 85.6 cm³/mol. The van der Waals surface area contributed by atoms with Crippen molar-refractivity contribution >= 4 is 17.5 Å². The van der Waals surface area contributed by atoms with E-state index in [9.17, 15) is 4.79 Å². The molecule has 0 aliphatic heterocycles. The van der Waals surface area contributed by atoms with Crippen LogP contribution in [0.2, 0.25) is 5.02 Å². The molecular weight excluding hydrogens is 284 g/mol. The first kappa shape index (κ1) is 15.5. The Bertz CT molecular complexity index is 611. The quantitative estimate of drug-likeness (QED) is 0.911. The first-order valence-corrected chi connectivity index (χ1v) is 7.32. The van der Waals surface area contributed by atoms with Gasteiger partial charge in [-0.25, -0.2) is 0 Å². The molecule has 0 unspecified atom stereocenters. The van der Waals surface area contributed by atoms with Gasteiger partial charge in [-0.1, -0.05) is 41.9 Å². The fraction of sp³-hybridized carbons (Fsp3) is 0.294. The highest BCUT2D eigenvalue weighted by atomic mass is 35.5. The van der Waals surface area contributed by atoms with Crippen LogP contribution in [0.4, 0.5) is 0 Å². The van der Waals surface area contributed by atoms with Gasteiger partial charge in [-0.2, -0.15) is 0 Å². The normalized spacial score (nSPS) is 11.2. The first-order valence-electron chi connectivity index (χ1n) is 6.94. The van der Waals surface area contributed by atoms with Crippen LogP contribution in [0, 0.1) is 0 Å². The van der Waals surface area contributed by atoms with E-state index in [0.29, 0.717) is 10.6 Å². The first-order chi connectivity index (χ1) is 9.98. The number of carbonyl (C=O) groups excluding carboxylic acids is 1. The van der Waals surface area contributed by atoms with Gasteiger partial charge in [0.15, 0.2) is 0 Å². The maximum absolute atomic E-state index is 12.3. The lowest BCUT2D eigenvalue weighted by molar-refractivity contribution is 0.0909. The average Bonchev–Trinajstić information content (AvgIpc) is 2.46. The van der Waals surface area contributed by atoms with E-state index >= 15 is 0 Å². The largest absolute Gasteiger partial charge is 0.347 e. The number of carbonyl (C=O) groups is 1. The second-order valence-corrected chi connectivity index (χ2v) is 6.09. The molecular formula is C17H19ClN2O. The van der Waals surface area contributed by atoms with Crippen LogP contribution in [0.1, 0.15) is 36.2 Å². The third-order valence-corrected chi connectivity index (χ3v) is 3.65. The molecule has 110 valence electrons. The van der Waals surface area contributed by atoms with Crippen LogP contribution >= 0.6 is 11.6 Å². The molecule has 0 radical (unpaired) electrons. The molecule has 1 aromatic heterocycles. The molecule has 2 rings (SSSR count). The second kappa shape index (κ2) is 6.72. The van der Waals surface area contributed by atoms with Gasteiger partial charge in [0.05, 0.1) is 10.6 Å². The van der Waals surface area contributed by atoms with Crippen LogP contribution in [-0.2, 0) is 6.42 Å². The molecule has 0 atom stereocenters. The number of rotatable bonds is 5. The van der Waals surface area contributed by atoms with Gasteiger partial charge < -0.3 is 5.32 Å². The van der Waals surface area contributed by atoms with Gasteiger partial charge >= 0.3 is 0 Å². The standard InChI is InChI=1S/C17H19ClN2O/c1-17(2,10-8-13-6-4-3-5-7-13)20-16(21)14-9-11-19-12-15(14)18/h3-7,9,11-12H,8,10H2,1-2H3,(H,20,21). The lowest BCUT2D eigenvalue weighted by Gasteiger charge is -2.26. The van der Waals surface area contributed by atoms with Crippen molar-refractivity contribution in [1.82, 2.24) is 10.3 Å². The van der Waals surface area contributed by atoms with E-state index in [1.165, 1.54) is 11.8 Å². The molecule has 0 saturated heterocycles. The number of pyridine rings is 1. The molecule has 3 nitrogen and oxygen atoms in total. The highest BCUT2D eigenvalue weighted by Gasteiger charge is 2.22. The number of aryl methyl sites for hydroxylation is 1. The summed E-state index contributed by atoms with van der Waals surface area (Å²) < 4.78 is 0. The number of amides is 1. The summed E-state index contributed by atoms with van der Waals surface area (Å²) in [6, 6.07) is 11.9. The number of nitrogens with one attached hydrogen (secondary N) is 1. The summed E-state index contributed by atoms with van der Waals surface area (Å²) in [5, 5.41) is 3.40. The zero-order valence-electron chi connectivity index (χ0n) is 12.3. The van der Waals surface area contributed by atoms with Crippen LogP contribution in [0.15, 0.2) is 48.8 Å². The van der Waals surface area contributed by atoms with Crippen molar-refractivity contribution in [3.8, 4) is 0 Å². The van der Waals surface area contributed by atoms with E-state index in [-0.39, 0.29) is 11.4 Å². The molecule has 0 fully saturated rings. The van der Waals surface area contributed by atoms with E-state index in [1.807, 2.05) is 32.0 Å². The van der Waals surface area contributed by atoms with Crippen LogP contribution in [0.25, 0.3) is 0 Å². The number of benzene rings is 1. The zero-order valence-corrected chi connectivity index (χ0v) is 13.0. The van der Waals surface area contributed by atoms with Crippen molar-refractivity contribution in [3.05, 3.63) is 64.9 Å². The van der Waals surface area contributed by atoms with Crippen molar-refractivity contribution < 1.29 is 4.79 Å². The minimum Gasteiger partial charge on any atom is -0.347 e. The molecule has 1 heterocycles. The Kier molecular flexibility index (Phi) is 4.97. The Hall–Kier alpha value is -1.87. The summed E-state index contributed by atoms with van der Waals surface area (Å²) in [6.45, 7) is 4.03. The Balaban J connectivity index is 1.97. The summed E-state index contributed by atoms with van der Waals surface area (Å²) in [5.74, 6) is -0.166. The van der Waals surface area contributed by atoms with Gasteiger partial charge in [0.1, 0.15) is 0 Å². The number of nitrogens with zero attached hydrogens (tertiary/aromatic N) is 1. The summed E-state index contributed by atoms with van der Waals surface area (Å²) in [5.41, 5.74) is 1.42. The van der Waals surface area contributed by atoms with E-state index in [2.05, 4.69) is 22.4 Å².